The van der Waals surface area contributed by atoms with Crippen molar-refractivity contribution in [2.75, 3.05) is 0 Å². The molecule has 0 saturated carbocycles. The molecule has 0 amide bonds. The molecule has 154 valence electrons. The first-order chi connectivity index (χ1) is 13.1. The van der Waals surface area contributed by atoms with E-state index in [2.05, 4.69) is 68.7 Å². The molecule has 3 aromatic heterocycles. The third kappa shape index (κ3) is 8.51. The third-order valence-corrected chi connectivity index (χ3v) is 4.31. The number of hydrogen-bond acceptors (Lipinski definition) is 3. The van der Waals surface area contributed by atoms with Crippen molar-refractivity contribution in [3.05, 3.63) is 65.8 Å². The minimum absolute atomic E-state index is 0.547. The van der Waals surface area contributed by atoms with Gasteiger partial charge in [-0.3, -0.25) is 9.67 Å². The van der Waals surface area contributed by atoms with Crippen LogP contribution in [0, 0.1) is 6.92 Å². The summed E-state index contributed by atoms with van der Waals surface area (Å²) in [4.78, 5) is 8.38. The Balaban J connectivity index is 0.000000210. The van der Waals surface area contributed by atoms with Crippen LogP contribution in [0.4, 0.5) is 0 Å². The van der Waals surface area contributed by atoms with E-state index in [-0.39, 0.29) is 0 Å². The van der Waals surface area contributed by atoms with Gasteiger partial charge in [-0.15, -0.1) is 0 Å². The Morgan fingerprint density at radius 2 is 1.39 bits per heavy atom. The molecule has 3 aromatic rings. The lowest BCUT2D eigenvalue weighted by Crippen LogP contribution is -1.88. The summed E-state index contributed by atoms with van der Waals surface area (Å²) >= 11 is 0. The number of rotatable bonds is 3. The van der Waals surface area contributed by atoms with Crippen molar-refractivity contribution in [3.8, 4) is 0 Å². The summed E-state index contributed by atoms with van der Waals surface area (Å²) in [7, 11) is 3.92. The zero-order valence-electron chi connectivity index (χ0n) is 19.0. The first-order valence-electron chi connectivity index (χ1n) is 9.99. The molecule has 0 saturated heterocycles. The number of aromatic nitrogens is 5. The summed E-state index contributed by atoms with van der Waals surface area (Å²) in [5, 5.41) is 4.05. The van der Waals surface area contributed by atoms with Crippen LogP contribution in [0.2, 0.25) is 0 Å². The Bertz CT molecular complexity index is 750. The van der Waals surface area contributed by atoms with Gasteiger partial charge in [-0.05, 0) is 41.9 Å². The molecular weight excluding hydrogens is 346 g/mol. The molecule has 0 spiro atoms. The normalized spacial score (nSPS) is 10.6. The van der Waals surface area contributed by atoms with Crippen molar-refractivity contribution in [2.24, 2.45) is 14.1 Å². The number of nitrogens with zero attached hydrogens (tertiary/aromatic N) is 5. The van der Waals surface area contributed by atoms with Gasteiger partial charge in [0.2, 0.25) is 0 Å². The predicted molar refractivity (Wildman–Crippen MR) is 118 cm³/mol. The van der Waals surface area contributed by atoms with Crippen molar-refractivity contribution in [1.82, 2.24) is 24.3 Å². The highest BCUT2D eigenvalue weighted by atomic mass is 15.2. The molecule has 0 aliphatic heterocycles. The van der Waals surface area contributed by atoms with Crippen LogP contribution in [0.3, 0.4) is 0 Å². The van der Waals surface area contributed by atoms with E-state index in [1.54, 1.807) is 0 Å². The van der Waals surface area contributed by atoms with E-state index in [1.807, 2.05) is 61.4 Å². The minimum Gasteiger partial charge on any atom is -0.340 e. The highest BCUT2D eigenvalue weighted by Crippen LogP contribution is 2.12. The van der Waals surface area contributed by atoms with E-state index in [0.717, 1.165) is 11.4 Å². The molecule has 0 N–H and O–H groups in total. The maximum atomic E-state index is 4.20. The van der Waals surface area contributed by atoms with Gasteiger partial charge in [0.15, 0.2) is 0 Å². The van der Waals surface area contributed by atoms with Gasteiger partial charge in [-0.1, -0.05) is 47.6 Å². The lowest BCUT2D eigenvalue weighted by molar-refractivity contribution is 0.764. The van der Waals surface area contributed by atoms with Gasteiger partial charge in [-0.2, -0.15) is 5.10 Å². The quantitative estimate of drug-likeness (QED) is 0.591. The second-order valence-corrected chi connectivity index (χ2v) is 8.11. The van der Waals surface area contributed by atoms with Crippen molar-refractivity contribution in [1.29, 1.82) is 0 Å². The highest BCUT2D eigenvalue weighted by Gasteiger charge is 2.00. The Labute approximate surface area is 170 Å². The Morgan fingerprint density at radius 3 is 1.68 bits per heavy atom. The van der Waals surface area contributed by atoms with Gasteiger partial charge in [0.25, 0.3) is 0 Å². The van der Waals surface area contributed by atoms with Crippen LogP contribution in [-0.4, -0.2) is 24.3 Å². The lowest BCUT2D eigenvalue weighted by Gasteiger charge is -2.02. The molecule has 0 atom stereocenters. The number of hydrogen-bond donors (Lipinski definition) is 0. The first-order valence-corrected chi connectivity index (χ1v) is 9.99. The Kier molecular flexibility index (Phi) is 9.63. The maximum absolute atomic E-state index is 4.20. The van der Waals surface area contributed by atoms with Crippen molar-refractivity contribution in [3.63, 3.8) is 0 Å². The standard InChI is InChI=1S/C9H13N.2C7H12N2/c1-7(2)9-5-4-8(3)10-6-9;1-6(2)7-4-9(3)5-8-7;1-6(2)7-4-8-9(3)5-7/h4-7H,1-3H3;2*4-6H,1-3H3. The fourth-order valence-corrected chi connectivity index (χ4v) is 2.29. The third-order valence-electron chi connectivity index (χ3n) is 4.31. The smallest absolute Gasteiger partial charge is 0.0946 e. The van der Waals surface area contributed by atoms with E-state index in [9.17, 15) is 0 Å². The molecule has 0 unspecified atom stereocenters. The van der Waals surface area contributed by atoms with Gasteiger partial charge in [0.05, 0.1) is 18.2 Å². The number of imidazole rings is 1. The topological polar surface area (TPSA) is 48.5 Å². The summed E-state index contributed by atoms with van der Waals surface area (Å²) in [6.45, 7) is 15.0. The van der Waals surface area contributed by atoms with E-state index in [4.69, 9.17) is 0 Å². The molecular formula is C23H37N5. The van der Waals surface area contributed by atoms with Crippen LogP contribution in [0.5, 0.6) is 0 Å². The molecule has 3 heterocycles. The average Bonchev–Trinajstić information content (AvgIpc) is 3.25. The fraction of sp³-hybridized carbons (Fsp3) is 0.522. The zero-order valence-corrected chi connectivity index (χ0v) is 19.0. The zero-order chi connectivity index (χ0) is 21.3. The van der Waals surface area contributed by atoms with Crippen LogP contribution >= 0.6 is 0 Å². The molecule has 0 aliphatic carbocycles. The van der Waals surface area contributed by atoms with Crippen LogP contribution in [0.15, 0.2) is 43.2 Å². The summed E-state index contributed by atoms with van der Waals surface area (Å²) in [5.74, 6) is 1.73. The van der Waals surface area contributed by atoms with Crippen LogP contribution in [-0.2, 0) is 14.1 Å². The predicted octanol–water partition coefficient (Wildman–Crippen LogP) is 5.60. The largest absolute Gasteiger partial charge is 0.340 e. The molecule has 5 heteroatoms. The number of aryl methyl sites for hydroxylation is 3. The highest BCUT2D eigenvalue weighted by molar-refractivity contribution is 5.16. The molecule has 0 aromatic carbocycles. The van der Waals surface area contributed by atoms with E-state index in [1.165, 1.54) is 11.1 Å². The second-order valence-electron chi connectivity index (χ2n) is 8.11. The second kappa shape index (κ2) is 11.4. The Morgan fingerprint density at radius 1 is 0.750 bits per heavy atom. The van der Waals surface area contributed by atoms with Crippen molar-refractivity contribution in [2.45, 2.75) is 66.2 Å². The van der Waals surface area contributed by atoms with Crippen molar-refractivity contribution >= 4 is 0 Å². The van der Waals surface area contributed by atoms with Gasteiger partial charge < -0.3 is 4.57 Å². The average molecular weight is 384 g/mol. The maximum Gasteiger partial charge on any atom is 0.0946 e. The Hall–Kier alpha value is -2.43. The van der Waals surface area contributed by atoms with Gasteiger partial charge in [-0.25, -0.2) is 4.98 Å². The van der Waals surface area contributed by atoms with Crippen LogP contribution in [0.25, 0.3) is 0 Å². The molecule has 0 radical (unpaired) electrons. The SMILES string of the molecule is CC(C)c1cn(C)cn1.CC(C)c1cnn(C)c1.Cc1ccc(C(C)C)cn1. The first kappa shape index (κ1) is 23.6. The van der Waals surface area contributed by atoms with Crippen LogP contribution < -0.4 is 0 Å². The van der Waals surface area contributed by atoms with Gasteiger partial charge in [0.1, 0.15) is 0 Å². The molecule has 5 nitrogen and oxygen atoms in total. The van der Waals surface area contributed by atoms with Gasteiger partial charge >= 0.3 is 0 Å². The summed E-state index contributed by atoms with van der Waals surface area (Å²) < 4.78 is 3.80. The minimum atomic E-state index is 0.547. The summed E-state index contributed by atoms with van der Waals surface area (Å²) in [6.07, 6.45) is 9.77. The summed E-state index contributed by atoms with van der Waals surface area (Å²) in [5.41, 5.74) is 4.87. The number of pyridine rings is 1. The molecule has 3 rings (SSSR count). The molecule has 28 heavy (non-hydrogen) atoms. The fourth-order valence-electron chi connectivity index (χ4n) is 2.29. The molecule has 0 fully saturated rings. The molecule has 0 bridgehead atoms. The molecule has 0 aliphatic rings. The monoisotopic (exact) mass is 383 g/mol. The van der Waals surface area contributed by atoms with E-state index in [0.29, 0.717) is 17.8 Å². The van der Waals surface area contributed by atoms with Crippen molar-refractivity contribution < 1.29 is 0 Å². The van der Waals surface area contributed by atoms with E-state index >= 15 is 0 Å². The van der Waals surface area contributed by atoms with Crippen LogP contribution in [0.1, 0.15) is 81.8 Å². The lowest BCUT2D eigenvalue weighted by atomic mass is 10.1. The summed E-state index contributed by atoms with van der Waals surface area (Å²) in [6, 6.07) is 4.18. The van der Waals surface area contributed by atoms with Gasteiger partial charge in [0, 0.05) is 38.4 Å². The van der Waals surface area contributed by atoms with E-state index < -0.39 is 0 Å².